The smallest absolute Gasteiger partial charge is 0.161 e. The predicted octanol–water partition coefficient (Wildman–Crippen LogP) is 2.85. The Morgan fingerprint density at radius 1 is 1.35 bits per heavy atom. The first-order valence-corrected chi connectivity index (χ1v) is 5.89. The second-order valence-corrected chi connectivity index (χ2v) is 4.41. The van der Waals surface area contributed by atoms with Gasteiger partial charge in [-0.3, -0.25) is 0 Å². The first kappa shape index (κ1) is 12.0. The van der Waals surface area contributed by atoms with Gasteiger partial charge in [-0.25, -0.2) is 0 Å². The molecule has 3 heteroatoms. The zero-order valence-corrected chi connectivity index (χ0v) is 10.1. The van der Waals surface area contributed by atoms with Crippen molar-refractivity contribution >= 4 is 0 Å². The van der Waals surface area contributed by atoms with Crippen molar-refractivity contribution in [1.82, 2.24) is 0 Å². The van der Waals surface area contributed by atoms with Gasteiger partial charge in [0.05, 0.1) is 6.10 Å². The highest BCUT2D eigenvalue weighted by molar-refractivity contribution is 5.44. The summed E-state index contributed by atoms with van der Waals surface area (Å²) in [4.78, 5) is 0. The third-order valence-corrected chi connectivity index (χ3v) is 2.80. The molecule has 3 nitrogen and oxygen atoms in total. The zero-order valence-electron chi connectivity index (χ0n) is 10.1. The molecule has 92 valence electrons. The number of allylic oxidation sites excluding steroid dienone is 1. The summed E-state index contributed by atoms with van der Waals surface area (Å²) in [5.74, 6) is 1.48. The third-order valence-electron chi connectivity index (χ3n) is 2.80. The van der Waals surface area contributed by atoms with E-state index in [-0.39, 0.29) is 0 Å². The predicted molar refractivity (Wildman–Crippen MR) is 66.4 cm³/mol. The summed E-state index contributed by atoms with van der Waals surface area (Å²) in [6.07, 6.45) is 1.05. The van der Waals surface area contributed by atoms with E-state index >= 15 is 0 Å². The van der Waals surface area contributed by atoms with Crippen LogP contribution in [0.5, 0.6) is 11.5 Å². The number of fused-ring (bicyclic) bond motifs is 1. The summed E-state index contributed by atoms with van der Waals surface area (Å²) in [5, 5.41) is 10.0. The molecular weight excluding hydrogens is 216 g/mol. The molecule has 2 rings (SSSR count). The van der Waals surface area contributed by atoms with Gasteiger partial charge in [-0.15, -0.1) is 6.58 Å². The maximum atomic E-state index is 10.0. The Kier molecular flexibility index (Phi) is 3.69. The lowest BCUT2D eigenvalue weighted by molar-refractivity contribution is 0.159. The van der Waals surface area contributed by atoms with E-state index in [0.717, 1.165) is 29.1 Å². The van der Waals surface area contributed by atoms with Crippen LogP contribution in [0.2, 0.25) is 0 Å². The molecule has 1 aromatic carbocycles. The highest BCUT2D eigenvalue weighted by atomic mass is 16.6. The Morgan fingerprint density at radius 3 is 2.76 bits per heavy atom. The van der Waals surface area contributed by atoms with E-state index in [4.69, 9.17) is 9.47 Å². The van der Waals surface area contributed by atoms with E-state index in [2.05, 4.69) is 6.58 Å². The Bertz CT molecular complexity index is 412. The lowest BCUT2D eigenvalue weighted by atomic mass is 10.0. The number of hydrogen-bond acceptors (Lipinski definition) is 3. The van der Waals surface area contributed by atoms with Crippen LogP contribution in [0.1, 0.15) is 31.4 Å². The molecule has 0 radical (unpaired) electrons. The van der Waals surface area contributed by atoms with Crippen LogP contribution >= 0.6 is 0 Å². The highest BCUT2D eigenvalue weighted by Crippen LogP contribution is 2.33. The van der Waals surface area contributed by atoms with Gasteiger partial charge in [0.15, 0.2) is 11.5 Å². The summed E-state index contributed by atoms with van der Waals surface area (Å²) < 4.78 is 10.9. The number of aliphatic hydroxyl groups is 1. The van der Waals surface area contributed by atoms with Crippen molar-refractivity contribution in [3.05, 3.63) is 35.9 Å². The molecule has 1 aliphatic heterocycles. The first-order chi connectivity index (χ1) is 8.16. The molecular formula is C14H18O3. The van der Waals surface area contributed by atoms with E-state index in [0.29, 0.717) is 19.6 Å². The molecule has 1 atom stereocenters. The Hall–Kier alpha value is -1.48. The minimum Gasteiger partial charge on any atom is -0.486 e. The van der Waals surface area contributed by atoms with Crippen LogP contribution in [0.15, 0.2) is 30.4 Å². The summed E-state index contributed by atoms with van der Waals surface area (Å²) in [6, 6.07) is 5.60. The number of benzene rings is 1. The van der Waals surface area contributed by atoms with Gasteiger partial charge in [-0.2, -0.15) is 0 Å². The monoisotopic (exact) mass is 234 g/mol. The van der Waals surface area contributed by atoms with E-state index in [1.54, 1.807) is 0 Å². The molecule has 0 spiro atoms. The average molecular weight is 234 g/mol. The lowest BCUT2D eigenvalue weighted by Gasteiger charge is -2.20. The summed E-state index contributed by atoms with van der Waals surface area (Å²) in [6.45, 7) is 6.96. The number of aliphatic hydroxyl groups excluding tert-OH is 1. The van der Waals surface area contributed by atoms with Crippen LogP contribution in [-0.4, -0.2) is 18.3 Å². The van der Waals surface area contributed by atoms with Gasteiger partial charge >= 0.3 is 0 Å². The Labute approximate surface area is 102 Å². The number of hydrogen-bond donors (Lipinski definition) is 1. The first-order valence-electron chi connectivity index (χ1n) is 5.89. The quantitative estimate of drug-likeness (QED) is 0.814. The van der Waals surface area contributed by atoms with Gasteiger partial charge in [0, 0.05) is 0 Å². The molecule has 0 saturated heterocycles. The zero-order chi connectivity index (χ0) is 12.3. The minimum absolute atomic E-state index is 0.470. The van der Waals surface area contributed by atoms with Crippen molar-refractivity contribution in [1.29, 1.82) is 0 Å². The maximum Gasteiger partial charge on any atom is 0.161 e. The molecule has 0 fully saturated rings. The third kappa shape index (κ3) is 3.01. The molecule has 1 unspecified atom stereocenters. The fourth-order valence-electron chi connectivity index (χ4n) is 1.82. The lowest BCUT2D eigenvalue weighted by Crippen LogP contribution is -2.15. The average Bonchev–Trinajstić information content (AvgIpc) is 2.35. The van der Waals surface area contributed by atoms with Crippen LogP contribution in [0.4, 0.5) is 0 Å². The normalized spacial score (nSPS) is 15.4. The van der Waals surface area contributed by atoms with Crippen LogP contribution < -0.4 is 9.47 Å². The molecule has 0 aliphatic carbocycles. The Morgan fingerprint density at radius 2 is 2.06 bits per heavy atom. The molecule has 0 bridgehead atoms. The van der Waals surface area contributed by atoms with Gasteiger partial charge in [-0.1, -0.05) is 11.6 Å². The Balaban J connectivity index is 2.08. The van der Waals surface area contributed by atoms with Crippen LogP contribution in [0.25, 0.3) is 0 Å². The summed E-state index contributed by atoms with van der Waals surface area (Å²) >= 11 is 0. The van der Waals surface area contributed by atoms with Crippen LogP contribution in [-0.2, 0) is 0 Å². The summed E-state index contributed by atoms with van der Waals surface area (Å²) in [7, 11) is 0. The molecule has 1 aromatic rings. The van der Waals surface area contributed by atoms with Crippen molar-refractivity contribution in [3.8, 4) is 11.5 Å². The van der Waals surface area contributed by atoms with Gasteiger partial charge in [0.25, 0.3) is 0 Å². The van der Waals surface area contributed by atoms with Gasteiger partial charge in [0.2, 0.25) is 0 Å². The van der Waals surface area contributed by atoms with E-state index < -0.39 is 6.10 Å². The number of rotatable bonds is 4. The second-order valence-electron chi connectivity index (χ2n) is 4.41. The van der Waals surface area contributed by atoms with Crippen LogP contribution in [0, 0.1) is 0 Å². The fraction of sp³-hybridized carbons (Fsp3) is 0.429. The van der Waals surface area contributed by atoms with E-state index in [9.17, 15) is 5.11 Å². The maximum absolute atomic E-state index is 10.0. The number of ether oxygens (including phenoxy) is 2. The molecule has 17 heavy (non-hydrogen) atoms. The van der Waals surface area contributed by atoms with E-state index in [1.807, 2.05) is 25.1 Å². The molecule has 0 saturated carbocycles. The molecule has 0 amide bonds. The van der Waals surface area contributed by atoms with Crippen molar-refractivity contribution in [2.75, 3.05) is 13.2 Å². The fourth-order valence-corrected chi connectivity index (χ4v) is 1.82. The molecule has 1 heterocycles. The second kappa shape index (κ2) is 5.23. The standard InChI is InChI=1S/C14H18O3/c1-10(2)3-5-12(15)11-4-6-13-14(9-11)17-8-7-16-13/h4,6,9,12,15H,1,3,5,7-8H2,2H3. The van der Waals surface area contributed by atoms with Crippen molar-refractivity contribution in [2.24, 2.45) is 0 Å². The molecule has 1 aliphatic rings. The van der Waals surface area contributed by atoms with Crippen molar-refractivity contribution < 1.29 is 14.6 Å². The van der Waals surface area contributed by atoms with Gasteiger partial charge < -0.3 is 14.6 Å². The largest absolute Gasteiger partial charge is 0.486 e. The van der Waals surface area contributed by atoms with E-state index in [1.165, 1.54) is 0 Å². The summed E-state index contributed by atoms with van der Waals surface area (Å²) in [5.41, 5.74) is 1.96. The highest BCUT2D eigenvalue weighted by Gasteiger charge is 2.15. The van der Waals surface area contributed by atoms with Crippen LogP contribution in [0.3, 0.4) is 0 Å². The minimum atomic E-state index is -0.470. The topological polar surface area (TPSA) is 38.7 Å². The van der Waals surface area contributed by atoms with Crippen molar-refractivity contribution in [3.63, 3.8) is 0 Å². The molecule has 0 aromatic heterocycles. The van der Waals surface area contributed by atoms with Gasteiger partial charge in [0.1, 0.15) is 13.2 Å². The van der Waals surface area contributed by atoms with Crippen molar-refractivity contribution in [2.45, 2.75) is 25.9 Å². The SMILES string of the molecule is C=C(C)CCC(O)c1ccc2c(c1)OCCO2. The molecule has 1 N–H and O–H groups in total. The van der Waals surface area contributed by atoms with Gasteiger partial charge in [-0.05, 0) is 37.5 Å².